The Morgan fingerprint density at radius 1 is 1.20 bits per heavy atom. The molecule has 0 aromatic heterocycles. The molecule has 15 heavy (non-hydrogen) atoms. The Hall–Kier alpha value is -0.865. The molecule has 0 unspecified atom stereocenters. The topological polar surface area (TPSA) is 30.8 Å². The second-order valence-electron chi connectivity index (χ2n) is 4.60. The predicted molar refractivity (Wildman–Crippen MR) is 63.9 cm³/mol. The van der Waals surface area contributed by atoms with Crippen molar-refractivity contribution >= 4 is 13.2 Å². The first kappa shape index (κ1) is 12.2. The van der Waals surface area contributed by atoms with Crippen LogP contribution in [0.15, 0.2) is 29.9 Å². The van der Waals surface area contributed by atoms with Crippen molar-refractivity contribution in [2.24, 2.45) is 4.99 Å². The van der Waals surface area contributed by atoms with Gasteiger partial charge in [-0.1, -0.05) is 13.2 Å². The summed E-state index contributed by atoms with van der Waals surface area (Å²) in [5, 5.41) is 0. The van der Waals surface area contributed by atoms with Gasteiger partial charge in [0.05, 0.1) is 16.9 Å². The van der Waals surface area contributed by atoms with E-state index in [1.807, 2.05) is 27.7 Å². The number of allylic oxidation sites excluding steroid dienone is 1. The normalized spacial score (nSPS) is 23.3. The molecule has 0 saturated carbocycles. The zero-order valence-corrected chi connectivity index (χ0v) is 9.91. The average Bonchev–Trinajstić information content (AvgIpc) is 2.31. The van der Waals surface area contributed by atoms with E-state index in [4.69, 9.17) is 9.31 Å². The van der Waals surface area contributed by atoms with Crippen LogP contribution in [0.2, 0.25) is 0 Å². The summed E-state index contributed by atoms with van der Waals surface area (Å²) in [7, 11) is -0.410. The third kappa shape index (κ3) is 2.58. The summed E-state index contributed by atoms with van der Waals surface area (Å²) < 4.78 is 11.4. The minimum Gasteiger partial charge on any atom is -0.399 e. The third-order valence-electron chi connectivity index (χ3n) is 2.87. The molecule has 0 aromatic carbocycles. The maximum atomic E-state index is 5.71. The lowest BCUT2D eigenvalue weighted by atomic mass is 9.90. The molecule has 3 nitrogen and oxygen atoms in total. The van der Waals surface area contributed by atoms with E-state index in [0.29, 0.717) is 5.70 Å². The van der Waals surface area contributed by atoms with Crippen molar-refractivity contribution in [1.82, 2.24) is 0 Å². The molecule has 1 saturated heterocycles. The van der Waals surface area contributed by atoms with Gasteiger partial charge in [0, 0.05) is 6.11 Å². The second kappa shape index (κ2) is 3.95. The molecule has 0 aliphatic carbocycles. The van der Waals surface area contributed by atoms with Crippen molar-refractivity contribution in [2.75, 3.05) is 0 Å². The SMILES string of the molecule is C=CC(=C)N=CB1OC(C)(C)C(C)(C)O1. The zero-order valence-electron chi connectivity index (χ0n) is 9.91. The Morgan fingerprint density at radius 3 is 2.07 bits per heavy atom. The van der Waals surface area contributed by atoms with Crippen LogP contribution in [0.4, 0.5) is 0 Å². The quantitative estimate of drug-likeness (QED) is 0.404. The first-order valence-corrected chi connectivity index (χ1v) is 5.00. The molecule has 82 valence electrons. The van der Waals surface area contributed by atoms with E-state index < -0.39 is 7.12 Å². The van der Waals surface area contributed by atoms with Crippen LogP contribution in [-0.2, 0) is 9.31 Å². The Labute approximate surface area is 92.0 Å². The van der Waals surface area contributed by atoms with Gasteiger partial charge in [0.25, 0.3) is 0 Å². The summed E-state index contributed by atoms with van der Waals surface area (Å²) in [6.07, 6.45) is 3.20. The van der Waals surface area contributed by atoms with Gasteiger partial charge in [-0.15, -0.1) is 0 Å². The monoisotopic (exact) mass is 207 g/mol. The van der Waals surface area contributed by atoms with Gasteiger partial charge in [-0.2, -0.15) is 0 Å². The van der Waals surface area contributed by atoms with Crippen molar-refractivity contribution in [3.63, 3.8) is 0 Å². The summed E-state index contributed by atoms with van der Waals surface area (Å²) >= 11 is 0. The van der Waals surface area contributed by atoms with E-state index in [1.54, 1.807) is 12.2 Å². The Bertz CT molecular complexity index is 292. The van der Waals surface area contributed by atoms with Crippen LogP contribution in [0.5, 0.6) is 0 Å². The average molecular weight is 207 g/mol. The summed E-state index contributed by atoms with van der Waals surface area (Å²) in [5.41, 5.74) is -0.0389. The van der Waals surface area contributed by atoms with E-state index in [0.717, 1.165) is 0 Å². The summed E-state index contributed by atoms with van der Waals surface area (Å²) in [6, 6.07) is 0. The number of hydrogen-bond acceptors (Lipinski definition) is 3. The molecule has 0 spiro atoms. The largest absolute Gasteiger partial charge is 0.506 e. The molecular weight excluding hydrogens is 189 g/mol. The van der Waals surface area contributed by atoms with Gasteiger partial charge < -0.3 is 9.31 Å². The van der Waals surface area contributed by atoms with E-state index in [9.17, 15) is 0 Å². The smallest absolute Gasteiger partial charge is 0.399 e. The maximum absolute atomic E-state index is 5.71. The highest BCUT2D eigenvalue weighted by molar-refractivity contribution is 6.75. The third-order valence-corrected chi connectivity index (χ3v) is 2.87. The highest BCUT2D eigenvalue weighted by Gasteiger charge is 2.50. The van der Waals surface area contributed by atoms with Gasteiger partial charge in [-0.25, -0.2) is 0 Å². The second-order valence-corrected chi connectivity index (χ2v) is 4.60. The molecule has 0 aromatic rings. The Morgan fingerprint density at radius 2 is 1.67 bits per heavy atom. The summed E-state index contributed by atoms with van der Waals surface area (Å²) in [5.74, 6) is 0. The summed E-state index contributed by atoms with van der Waals surface area (Å²) in [4.78, 5) is 4.07. The molecule has 0 N–H and O–H groups in total. The van der Waals surface area contributed by atoms with Crippen molar-refractivity contribution in [1.29, 1.82) is 0 Å². The fourth-order valence-corrected chi connectivity index (χ4v) is 1.16. The maximum Gasteiger partial charge on any atom is 0.506 e. The molecule has 0 bridgehead atoms. The van der Waals surface area contributed by atoms with Crippen LogP contribution in [0.25, 0.3) is 0 Å². The minimum atomic E-state index is -0.410. The number of aliphatic imine (C=N–C) groups is 1. The molecule has 4 heteroatoms. The molecule has 1 rings (SSSR count). The fourth-order valence-electron chi connectivity index (χ4n) is 1.16. The van der Waals surface area contributed by atoms with Gasteiger partial charge in [0.15, 0.2) is 0 Å². The molecular formula is C11H18BNO2. The van der Waals surface area contributed by atoms with Crippen LogP contribution in [0.3, 0.4) is 0 Å². The van der Waals surface area contributed by atoms with Gasteiger partial charge in [0.1, 0.15) is 0 Å². The Kier molecular flexibility index (Phi) is 3.21. The first-order chi connectivity index (χ1) is 6.78. The van der Waals surface area contributed by atoms with Crippen molar-refractivity contribution in [2.45, 2.75) is 38.9 Å². The Balaban J connectivity index is 2.68. The zero-order chi connectivity index (χ0) is 11.7. The highest BCUT2D eigenvalue weighted by Crippen LogP contribution is 2.36. The lowest BCUT2D eigenvalue weighted by Crippen LogP contribution is -2.41. The van der Waals surface area contributed by atoms with Gasteiger partial charge in [-0.3, -0.25) is 4.99 Å². The summed E-state index contributed by atoms with van der Waals surface area (Å²) in [6.45, 7) is 15.3. The first-order valence-electron chi connectivity index (χ1n) is 5.00. The molecule has 0 atom stereocenters. The number of hydrogen-bond donors (Lipinski definition) is 0. The minimum absolute atomic E-state index is 0.320. The highest BCUT2D eigenvalue weighted by atomic mass is 16.7. The van der Waals surface area contributed by atoms with E-state index in [-0.39, 0.29) is 11.2 Å². The van der Waals surface area contributed by atoms with Crippen molar-refractivity contribution in [3.05, 3.63) is 24.9 Å². The number of rotatable bonds is 3. The molecule has 0 radical (unpaired) electrons. The van der Waals surface area contributed by atoms with Crippen LogP contribution in [0, 0.1) is 0 Å². The van der Waals surface area contributed by atoms with Gasteiger partial charge >= 0.3 is 7.12 Å². The van der Waals surface area contributed by atoms with Crippen molar-refractivity contribution in [3.8, 4) is 0 Å². The van der Waals surface area contributed by atoms with Gasteiger partial charge in [-0.05, 0) is 33.8 Å². The van der Waals surface area contributed by atoms with Crippen LogP contribution in [-0.4, -0.2) is 24.4 Å². The van der Waals surface area contributed by atoms with Crippen LogP contribution < -0.4 is 0 Å². The standard InChI is InChI=1S/C11H18BNO2/c1-7-9(2)13-8-12-14-10(3,4)11(5,6)15-12/h7-8H,1-2H2,3-6H3. The van der Waals surface area contributed by atoms with Crippen LogP contribution in [0.1, 0.15) is 27.7 Å². The molecule has 1 fully saturated rings. The lowest BCUT2D eigenvalue weighted by Gasteiger charge is -2.32. The molecule has 1 heterocycles. The molecule has 0 amide bonds. The molecule has 1 aliphatic heterocycles. The van der Waals surface area contributed by atoms with Gasteiger partial charge in [0.2, 0.25) is 0 Å². The van der Waals surface area contributed by atoms with E-state index in [2.05, 4.69) is 18.2 Å². The fraction of sp³-hybridized carbons (Fsp3) is 0.545. The van der Waals surface area contributed by atoms with Crippen molar-refractivity contribution < 1.29 is 9.31 Å². The van der Waals surface area contributed by atoms with E-state index >= 15 is 0 Å². The predicted octanol–water partition coefficient (Wildman–Crippen LogP) is 2.39. The van der Waals surface area contributed by atoms with Crippen LogP contribution >= 0.6 is 0 Å². The lowest BCUT2D eigenvalue weighted by molar-refractivity contribution is 0.00578. The number of nitrogens with zero attached hydrogens (tertiary/aromatic N) is 1. The molecule has 1 aliphatic rings. The van der Waals surface area contributed by atoms with E-state index in [1.165, 1.54) is 0 Å².